The van der Waals surface area contributed by atoms with E-state index in [1.165, 1.54) is 24.1 Å². The summed E-state index contributed by atoms with van der Waals surface area (Å²) >= 11 is 0. The Balaban J connectivity index is 0.000000408. The highest BCUT2D eigenvalue weighted by atomic mass is 31.2. The molecule has 21 heteroatoms. The first-order chi connectivity index (χ1) is 22.6. The SMILES string of the molecule is CCOC(=O)[C@H](C)NP(=O)(CO[C@@H]1C=C(F)[C@H](n2cnc3c(N)ncnc32)O1)Oc1ccccc1.O=C(O)CC(O)(CC(=O)O)C(=O)O. The number of hydrogen-bond donors (Lipinski definition) is 6. The number of imidazole rings is 1. The quantitative estimate of drug-likeness (QED) is 0.0971. The first-order valence-corrected chi connectivity index (χ1v) is 15.6. The lowest BCUT2D eigenvalue weighted by Gasteiger charge is -2.24. The van der Waals surface area contributed by atoms with Gasteiger partial charge in [-0.15, -0.1) is 0 Å². The second-order valence-corrected chi connectivity index (χ2v) is 12.0. The van der Waals surface area contributed by atoms with Crippen molar-refractivity contribution in [1.29, 1.82) is 0 Å². The number of rotatable bonds is 15. The van der Waals surface area contributed by atoms with Crippen molar-refractivity contribution in [3.8, 4) is 5.75 Å². The monoisotopic (exact) mass is 698 g/mol. The van der Waals surface area contributed by atoms with Crippen LogP contribution in [0.15, 0.2) is 54.9 Å². The zero-order valence-electron chi connectivity index (χ0n) is 25.3. The number of fused-ring (bicyclic) bond motifs is 1. The number of aliphatic carboxylic acids is 3. The normalized spacial score (nSPS) is 17.7. The van der Waals surface area contributed by atoms with Crippen molar-refractivity contribution in [3.63, 3.8) is 0 Å². The number of carboxylic acids is 3. The van der Waals surface area contributed by atoms with Crippen molar-refractivity contribution in [1.82, 2.24) is 24.6 Å². The van der Waals surface area contributed by atoms with E-state index in [4.69, 9.17) is 44.9 Å². The maximum Gasteiger partial charge on any atom is 0.342 e. The lowest BCUT2D eigenvalue weighted by Crippen LogP contribution is -2.42. The van der Waals surface area contributed by atoms with Crippen LogP contribution in [0.3, 0.4) is 0 Å². The molecule has 4 atom stereocenters. The number of nitrogens with two attached hydrogens (primary N) is 1. The van der Waals surface area contributed by atoms with E-state index in [1.54, 1.807) is 37.3 Å². The van der Waals surface area contributed by atoms with E-state index in [0.29, 0.717) is 5.52 Å². The van der Waals surface area contributed by atoms with E-state index in [1.807, 2.05) is 0 Å². The molecule has 3 heterocycles. The van der Waals surface area contributed by atoms with Crippen LogP contribution in [0.25, 0.3) is 11.2 Å². The molecule has 0 bridgehead atoms. The number of nitrogens with one attached hydrogen (secondary N) is 1. The zero-order valence-corrected chi connectivity index (χ0v) is 26.2. The van der Waals surface area contributed by atoms with E-state index in [9.17, 15) is 28.1 Å². The van der Waals surface area contributed by atoms with Crippen LogP contribution < -0.4 is 15.3 Å². The van der Waals surface area contributed by atoms with Gasteiger partial charge < -0.3 is 44.9 Å². The summed E-state index contributed by atoms with van der Waals surface area (Å²) in [7, 11) is -3.83. The minimum atomic E-state index is -3.83. The summed E-state index contributed by atoms with van der Waals surface area (Å²) < 4.78 is 51.5. The van der Waals surface area contributed by atoms with Gasteiger partial charge in [-0.05, 0) is 26.0 Å². The Morgan fingerprint density at radius 1 is 1.12 bits per heavy atom. The molecule has 3 aromatic rings. The van der Waals surface area contributed by atoms with Gasteiger partial charge in [0.15, 0.2) is 41.8 Å². The summed E-state index contributed by atoms with van der Waals surface area (Å²) in [5.74, 6) is -5.87. The maximum absolute atomic E-state index is 14.8. The summed E-state index contributed by atoms with van der Waals surface area (Å²) in [5, 5.41) is 36.5. The van der Waals surface area contributed by atoms with E-state index in [-0.39, 0.29) is 23.8 Å². The fraction of sp³-hybridized carbons (Fsp3) is 0.370. The van der Waals surface area contributed by atoms with E-state index in [0.717, 1.165) is 6.08 Å². The number of nitrogen functional groups attached to an aromatic ring is 1. The Morgan fingerprint density at radius 2 is 1.77 bits per heavy atom. The summed E-state index contributed by atoms with van der Waals surface area (Å²) in [5.41, 5.74) is 3.62. The molecular formula is C27H32FN6O13P. The molecule has 0 spiro atoms. The van der Waals surface area contributed by atoms with Crippen LogP contribution in [0.2, 0.25) is 0 Å². The highest BCUT2D eigenvalue weighted by Gasteiger charge is 2.41. The molecule has 0 fully saturated rings. The molecule has 0 amide bonds. The largest absolute Gasteiger partial charge is 0.481 e. The Labute approximate surface area is 270 Å². The Morgan fingerprint density at radius 3 is 2.35 bits per heavy atom. The number of aliphatic hydroxyl groups is 1. The number of anilines is 1. The number of carbonyl (C=O) groups is 4. The molecule has 2 aromatic heterocycles. The van der Waals surface area contributed by atoms with Crippen molar-refractivity contribution in [2.75, 3.05) is 18.7 Å². The molecule has 4 rings (SSSR count). The highest BCUT2D eigenvalue weighted by Crippen LogP contribution is 2.45. The molecule has 260 valence electrons. The number of carboxylic acid groups (broad SMARTS) is 3. The van der Waals surface area contributed by atoms with Gasteiger partial charge >= 0.3 is 31.4 Å². The lowest BCUT2D eigenvalue weighted by molar-refractivity contribution is -0.170. The number of halogens is 1. The summed E-state index contributed by atoms with van der Waals surface area (Å²) in [6.45, 7) is 3.30. The van der Waals surface area contributed by atoms with Gasteiger partial charge in [-0.3, -0.25) is 23.5 Å². The predicted octanol–water partition coefficient (Wildman–Crippen LogP) is 1.66. The van der Waals surface area contributed by atoms with E-state index < -0.39 is 80.6 Å². The van der Waals surface area contributed by atoms with Crippen molar-refractivity contribution < 1.29 is 67.3 Å². The van der Waals surface area contributed by atoms with E-state index >= 15 is 0 Å². The molecule has 0 aliphatic carbocycles. The van der Waals surface area contributed by atoms with Gasteiger partial charge in [-0.25, -0.2) is 29.2 Å². The van der Waals surface area contributed by atoms with Gasteiger partial charge in [0.05, 0.1) is 25.8 Å². The third-order valence-electron chi connectivity index (χ3n) is 6.15. The number of aromatic nitrogens is 4. The Bertz CT molecular complexity index is 1690. The molecule has 1 aliphatic heterocycles. The third kappa shape index (κ3) is 9.99. The Hall–Kier alpha value is -5.01. The first-order valence-electron chi connectivity index (χ1n) is 13.8. The number of nitrogens with zero attached hydrogens (tertiary/aromatic N) is 4. The molecule has 1 aliphatic rings. The van der Waals surface area contributed by atoms with Crippen molar-refractivity contribution in [3.05, 3.63) is 54.9 Å². The van der Waals surface area contributed by atoms with Gasteiger partial charge in [-0.1, -0.05) is 18.2 Å². The standard InChI is InChI=1S/C21H24FN6O6P.C6H8O7/c1-3-31-21(29)13(2)27-35(30,34-14-7-5-4-6-8-14)12-32-16-9-15(22)20(33-16)28-11-26-17-18(23)24-10-25-19(17)28;7-3(8)1-6(13,5(11)12)2-4(9)10/h4-11,13,16,20H,3,12H2,1-2H3,(H,27,30)(H2,23,24,25);13H,1-2H2,(H,7,8)(H,9,10)(H,11,12)/t13-,16-,20+,35?;/m0./s1. The van der Waals surface area contributed by atoms with Gasteiger partial charge in [0.25, 0.3) is 0 Å². The average molecular weight is 699 g/mol. The summed E-state index contributed by atoms with van der Waals surface area (Å²) in [4.78, 5) is 54.6. The number of para-hydroxylation sites is 1. The fourth-order valence-electron chi connectivity index (χ4n) is 4.01. The topological polar surface area (TPSA) is 285 Å². The third-order valence-corrected chi connectivity index (χ3v) is 7.93. The molecule has 48 heavy (non-hydrogen) atoms. The molecular weight excluding hydrogens is 666 g/mol. The van der Waals surface area contributed by atoms with Crippen LogP contribution in [-0.4, -0.2) is 94.7 Å². The number of ether oxygens (including phenoxy) is 3. The molecule has 0 saturated carbocycles. The van der Waals surface area contributed by atoms with Gasteiger partial charge in [0.1, 0.15) is 23.6 Å². The molecule has 0 saturated heterocycles. The van der Waals surface area contributed by atoms with Crippen molar-refractivity contribution in [2.45, 2.75) is 50.8 Å². The van der Waals surface area contributed by atoms with Crippen LogP contribution in [0.4, 0.5) is 10.2 Å². The Kier molecular flexibility index (Phi) is 12.6. The van der Waals surface area contributed by atoms with Crippen LogP contribution in [0, 0.1) is 0 Å². The summed E-state index contributed by atoms with van der Waals surface area (Å²) in [6.07, 6.45) is -1.61. The minimum absolute atomic E-state index is 0.143. The predicted molar refractivity (Wildman–Crippen MR) is 160 cm³/mol. The van der Waals surface area contributed by atoms with Crippen LogP contribution in [0.5, 0.6) is 5.75 Å². The number of carbonyl (C=O) groups excluding carboxylic acids is 1. The maximum atomic E-state index is 14.8. The number of esters is 1. The van der Waals surface area contributed by atoms with E-state index in [2.05, 4.69) is 20.0 Å². The van der Waals surface area contributed by atoms with Crippen LogP contribution in [-0.2, 0) is 38.0 Å². The molecule has 0 radical (unpaired) electrons. The van der Waals surface area contributed by atoms with Crippen molar-refractivity contribution in [2.24, 2.45) is 0 Å². The van der Waals surface area contributed by atoms with Gasteiger partial charge in [0, 0.05) is 6.08 Å². The smallest absolute Gasteiger partial charge is 0.342 e. The number of benzene rings is 1. The fourth-order valence-corrected chi connectivity index (χ4v) is 5.69. The summed E-state index contributed by atoms with van der Waals surface area (Å²) in [6, 6.07) is 7.40. The second kappa shape index (κ2) is 16.2. The molecule has 1 unspecified atom stereocenters. The lowest BCUT2D eigenvalue weighted by atomic mass is 9.96. The zero-order chi connectivity index (χ0) is 35.6. The highest BCUT2D eigenvalue weighted by molar-refractivity contribution is 7.57. The molecule has 7 N–H and O–H groups in total. The first kappa shape index (κ1) is 37.4. The number of hydrogen-bond acceptors (Lipinski definition) is 14. The average Bonchev–Trinajstić information content (AvgIpc) is 3.60. The van der Waals surface area contributed by atoms with Gasteiger partial charge in [0.2, 0.25) is 0 Å². The van der Waals surface area contributed by atoms with Crippen LogP contribution >= 0.6 is 7.52 Å². The van der Waals surface area contributed by atoms with Gasteiger partial charge in [-0.2, -0.15) is 0 Å². The van der Waals surface area contributed by atoms with Crippen molar-refractivity contribution >= 4 is 48.4 Å². The van der Waals surface area contributed by atoms with Crippen LogP contribution in [0.1, 0.15) is 32.9 Å². The minimum Gasteiger partial charge on any atom is -0.481 e. The second-order valence-electron chi connectivity index (χ2n) is 9.95. The molecule has 19 nitrogen and oxygen atoms in total. The molecule has 1 aromatic carbocycles.